The van der Waals surface area contributed by atoms with Crippen molar-refractivity contribution in [3.8, 4) is 0 Å². The molecule has 4 nitrogen and oxygen atoms in total. The van der Waals surface area contributed by atoms with Crippen molar-refractivity contribution in [2.75, 3.05) is 6.54 Å². The van der Waals surface area contributed by atoms with Crippen LogP contribution in [0.5, 0.6) is 0 Å². The Morgan fingerprint density at radius 3 is 2.26 bits per heavy atom. The maximum atomic E-state index is 13.3. The zero-order chi connectivity index (χ0) is 23.1. The smallest absolute Gasteiger partial charge is 0.242 e. The molecule has 2 rings (SSSR count). The first-order valence-corrected chi connectivity index (χ1v) is 11.6. The second kappa shape index (κ2) is 12.0. The molecule has 0 saturated carbocycles. The highest BCUT2D eigenvalue weighted by Crippen LogP contribution is 2.26. The van der Waals surface area contributed by atoms with Crippen LogP contribution in [-0.2, 0) is 22.6 Å². The minimum absolute atomic E-state index is 0.0794. The van der Waals surface area contributed by atoms with Crippen LogP contribution in [0, 0.1) is 5.92 Å². The summed E-state index contributed by atoms with van der Waals surface area (Å²) >= 11 is 24.5. The van der Waals surface area contributed by atoms with Crippen LogP contribution in [0.3, 0.4) is 0 Å². The summed E-state index contributed by atoms with van der Waals surface area (Å²) in [6, 6.07) is 9.53. The molecule has 1 unspecified atom stereocenters. The number of hydrogen-bond acceptors (Lipinski definition) is 2. The summed E-state index contributed by atoms with van der Waals surface area (Å²) in [5.41, 5.74) is 1.42. The van der Waals surface area contributed by atoms with Gasteiger partial charge in [-0.3, -0.25) is 9.59 Å². The van der Waals surface area contributed by atoms with Gasteiger partial charge in [0.1, 0.15) is 6.04 Å². The zero-order valence-electron chi connectivity index (χ0n) is 17.7. The van der Waals surface area contributed by atoms with Crippen molar-refractivity contribution in [3.63, 3.8) is 0 Å². The number of nitrogens with zero attached hydrogens (tertiary/aromatic N) is 1. The molecule has 0 aliphatic rings. The van der Waals surface area contributed by atoms with Gasteiger partial charge in [0, 0.05) is 23.1 Å². The topological polar surface area (TPSA) is 49.4 Å². The van der Waals surface area contributed by atoms with Gasteiger partial charge >= 0.3 is 0 Å². The summed E-state index contributed by atoms with van der Waals surface area (Å²) in [7, 11) is 0. The van der Waals surface area contributed by atoms with Crippen LogP contribution in [-0.4, -0.2) is 29.3 Å². The standard InChI is InChI=1S/C23H26Cl4N2O2/c1-4-21(23(31)28-12-14(2)3)29(13-16-6-7-17(24)11-19(16)26)22(30)10-15-5-8-18(25)20(27)9-15/h5-9,11,14,21H,4,10,12-13H2,1-3H3,(H,28,31). The van der Waals surface area contributed by atoms with E-state index in [0.29, 0.717) is 50.1 Å². The first-order valence-electron chi connectivity index (χ1n) is 10.1. The van der Waals surface area contributed by atoms with Crippen LogP contribution in [0.25, 0.3) is 0 Å². The van der Waals surface area contributed by atoms with E-state index in [4.69, 9.17) is 46.4 Å². The monoisotopic (exact) mass is 502 g/mol. The van der Waals surface area contributed by atoms with Crippen molar-refractivity contribution < 1.29 is 9.59 Å². The second-order valence-electron chi connectivity index (χ2n) is 7.75. The highest BCUT2D eigenvalue weighted by molar-refractivity contribution is 6.42. The number of carbonyl (C=O) groups excluding carboxylic acids is 2. The number of carbonyl (C=O) groups is 2. The van der Waals surface area contributed by atoms with Crippen molar-refractivity contribution >= 4 is 58.2 Å². The molecule has 0 spiro atoms. The summed E-state index contributed by atoms with van der Waals surface area (Å²) in [4.78, 5) is 27.8. The van der Waals surface area contributed by atoms with Crippen LogP contribution < -0.4 is 5.32 Å². The van der Waals surface area contributed by atoms with E-state index in [9.17, 15) is 9.59 Å². The molecule has 2 amide bonds. The SMILES string of the molecule is CCC(C(=O)NCC(C)C)N(Cc1ccc(Cl)cc1Cl)C(=O)Cc1ccc(Cl)c(Cl)c1. The summed E-state index contributed by atoms with van der Waals surface area (Å²) in [5.74, 6) is -0.104. The van der Waals surface area contributed by atoms with Gasteiger partial charge in [0.2, 0.25) is 11.8 Å². The highest BCUT2D eigenvalue weighted by atomic mass is 35.5. The molecule has 0 aliphatic heterocycles. The van der Waals surface area contributed by atoms with E-state index in [0.717, 1.165) is 0 Å². The van der Waals surface area contributed by atoms with Gasteiger partial charge in [0.05, 0.1) is 16.5 Å². The van der Waals surface area contributed by atoms with Crippen molar-refractivity contribution in [3.05, 3.63) is 67.6 Å². The van der Waals surface area contributed by atoms with Gasteiger partial charge in [-0.15, -0.1) is 0 Å². The third-order valence-electron chi connectivity index (χ3n) is 4.77. The summed E-state index contributed by atoms with van der Waals surface area (Å²) in [6.45, 7) is 6.63. The molecule has 0 saturated heterocycles. The minimum atomic E-state index is -0.638. The Balaban J connectivity index is 2.33. The molecule has 0 bridgehead atoms. The third kappa shape index (κ3) is 7.57. The van der Waals surface area contributed by atoms with Crippen LogP contribution in [0.1, 0.15) is 38.3 Å². The Labute approximate surface area is 203 Å². The number of halogens is 4. The Kier molecular flexibility index (Phi) is 9.95. The number of rotatable bonds is 9. The number of benzene rings is 2. The summed E-state index contributed by atoms with van der Waals surface area (Å²) in [6.07, 6.45) is 0.540. The molecule has 2 aromatic carbocycles. The normalized spacial score (nSPS) is 12.0. The Morgan fingerprint density at radius 2 is 1.68 bits per heavy atom. The van der Waals surface area contributed by atoms with Gasteiger partial charge in [-0.25, -0.2) is 0 Å². The van der Waals surface area contributed by atoms with E-state index in [2.05, 4.69) is 5.32 Å². The number of amides is 2. The van der Waals surface area contributed by atoms with Crippen LogP contribution in [0.4, 0.5) is 0 Å². The molecular formula is C23H26Cl4N2O2. The fourth-order valence-electron chi connectivity index (χ4n) is 3.10. The Morgan fingerprint density at radius 1 is 0.968 bits per heavy atom. The largest absolute Gasteiger partial charge is 0.354 e. The van der Waals surface area contributed by atoms with Crippen LogP contribution in [0.2, 0.25) is 20.1 Å². The maximum absolute atomic E-state index is 13.3. The van der Waals surface area contributed by atoms with E-state index < -0.39 is 6.04 Å². The fraction of sp³-hybridized carbons (Fsp3) is 0.391. The molecule has 0 aliphatic carbocycles. The van der Waals surface area contributed by atoms with Crippen LogP contribution in [0.15, 0.2) is 36.4 Å². The van der Waals surface area contributed by atoms with E-state index in [1.807, 2.05) is 20.8 Å². The van der Waals surface area contributed by atoms with Gasteiger partial charge < -0.3 is 10.2 Å². The molecule has 31 heavy (non-hydrogen) atoms. The van der Waals surface area contributed by atoms with Gasteiger partial charge in [0.25, 0.3) is 0 Å². The predicted molar refractivity (Wildman–Crippen MR) is 129 cm³/mol. The van der Waals surface area contributed by atoms with E-state index >= 15 is 0 Å². The first-order chi connectivity index (χ1) is 14.6. The molecule has 0 heterocycles. The number of hydrogen-bond donors (Lipinski definition) is 1. The van der Waals surface area contributed by atoms with E-state index in [1.165, 1.54) is 0 Å². The lowest BCUT2D eigenvalue weighted by Gasteiger charge is -2.31. The summed E-state index contributed by atoms with van der Waals surface area (Å²) in [5, 5.41) is 4.67. The third-order valence-corrected chi connectivity index (χ3v) is 6.09. The molecule has 8 heteroatoms. The predicted octanol–water partition coefficient (Wildman–Crippen LogP) is 6.42. The minimum Gasteiger partial charge on any atom is -0.354 e. The van der Waals surface area contributed by atoms with Gasteiger partial charge in [-0.1, -0.05) is 79.3 Å². The van der Waals surface area contributed by atoms with E-state index in [-0.39, 0.29) is 24.8 Å². The second-order valence-corrected chi connectivity index (χ2v) is 9.40. The number of nitrogens with one attached hydrogen (secondary N) is 1. The maximum Gasteiger partial charge on any atom is 0.242 e. The first kappa shape index (κ1) is 25.8. The van der Waals surface area contributed by atoms with Gasteiger partial charge in [0.15, 0.2) is 0 Å². The van der Waals surface area contributed by atoms with E-state index in [1.54, 1.807) is 41.3 Å². The van der Waals surface area contributed by atoms with Crippen molar-refractivity contribution in [1.29, 1.82) is 0 Å². The average molecular weight is 504 g/mol. The van der Waals surface area contributed by atoms with Crippen LogP contribution >= 0.6 is 46.4 Å². The molecule has 1 N–H and O–H groups in total. The lowest BCUT2D eigenvalue weighted by Crippen LogP contribution is -2.50. The molecular weight excluding hydrogens is 478 g/mol. The van der Waals surface area contributed by atoms with Crippen molar-refractivity contribution in [1.82, 2.24) is 10.2 Å². The zero-order valence-corrected chi connectivity index (χ0v) is 20.7. The molecule has 2 aromatic rings. The molecule has 1 atom stereocenters. The average Bonchev–Trinajstić information content (AvgIpc) is 2.70. The van der Waals surface area contributed by atoms with Crippen molar-refractivity contribution in [2.24, 2.45) is 5.92 Å². The molecule has 0 radical (unpaired) electrons. The molecule has 0 aromatic heterocycles. The Bertz CT molecular complexity index is 934. The lowest BCUT2D eigenvalue weighted by molar-refractivity contribution is -0.141. The van der Waals surface area contributed by atoms with Crippen molar-refractivity contribution in [2.45, 2.75) is 46.2 Å². The van der Waals surface area contributed by atoms with Gasteiger partial charge in [-0.05, 0) is 47.7 Å². The lowest BCUT2D eigenvalue weighted by atomic mass is 10.1. The quantitative estimate of drug-likeness (QED) is 0.429. The highest BCUT2D eigenvalue weighted by Gasteiger charge is 2.29. The fourth-order valence-corrected chi connectivity index (χ4v) is 3.89. The summed E-state index contributed by atoms with van der Waals surface area (Å²) < 4.78 is 0. The van der Waals surface area contributed by atoms with Gasteiger partial charge in [-0.2, -0.15) is 0 Å². The molecule has 168 valence electrons. The molecule has 0 fully saturated rings. The Hall–Kier alpha value is -1.46.